The van der Waals surface area contributed by atoms with E-state index in [4.69, 9.17) is 4.74 Å². The van der Waals surface area contributed by atoms with Crippen LogP contribution in [0.25, 0.3) is 11.3 Å². The fraction of sp³-hybridized carbons (Fsp3) is 0.0667. The summed E-state index contributed by atoms with van der Waals surface area (Å²) in [7, 11) is 0. The lowest BCUT2D eigenvalue weighted by molar-refractivity contribution is 0.293. The van der Waals surface area contributed by atoms with Gasteiger partial charge in [-0.05, 0) is 23.3 Å². The van der Waals surface area contributed by atoms with Gasteiger partial charge in [0.05, 0.1) is 5.69 Å². The van der Waals surface area contributed by atoms with Crippen molar-refractivity contribution in [1.82, 2.24) is 15.2 Å². The minimum Gasteiger partial charge on any atom is -0.472 e. The molecule has 0 spiro atoms. The summed E-state index contributed by atoms with van der Waals surface area (Å²) in [5, 5.41) is 7.12. The average Bonchev–Trinajstić information content (AvgIpc) is 2.96. The molecule has 0 bridgehead atoms. The van der Waals surface area contributed by atoms with Crippen LogP contribution in [0, 0.1) is 0 Å². The quantitative estimate of drug-likeness (QED) is 0.775. The maximum atomic E-state index is 5.62. The highest BCUT2D eigenvalue weighted by Crippen LogP contribution is 2.20. The molecule has 1 N–H and O–H groups in total. The Labute approximate surface area is 111 Å². The third-order valence-electron chi connectivity index (χ3n) is 2.78. The van der Waals surface area contributed by atoms with E-state index >= 15 is 0 Å². The molecule has 0 unspecified atom stereocenters. The molecule has 2 heterocycles. The zero-order valence-corrected chi connectivity index (χ0v) is 10.3. The van der Waals surface area contributed by atoms with Crippen molar-refractivity contribution in [3.05, 3.63) is 66.5 Å². The summed E-state index contributed by atoms with van der Waals surface area (Å²) in [5.74, 6) is 0.593. The Morgan fingerprint density at radius 2 is 1.79 bits per heavy atom. The van der Waals surface area contributed by atoms with Crippen LogP contribution in [0.5, 0.6) is 5.88 Å². The normalized spacial score (nSPS) is 10.3. The lowest BCUT2D eigenvalue weighted by Crippen LogP contribution is -1.95. The van der Waals surface area contributed by atoms with E-state index in [1.165, 1.54) is 0 Å². The van der Waals surface area contributed by atoms with E-state index in [1.807, 2.05) is 48.5 Å². The highest BCUT2D eigenvalue weighted by atomic mass is 16.5. The van der Waals surface area contributed by atoms with Crippen molar-refractivity contribution in [2.75, 3.05) is 0 Å². The van der Waals surface area contributed by atoms with Crippen LogP contribution in [0.3, 0.4) is 0 Å². The first kappa shape index (κ1) is 11.5. The fourth-order valence-corrected chi connectivity index (χ4v) is 1.78. The molecule has 0 amide bonds. The minimum atomic E-state index is 0.488. The molecule has 94 valence electrons. The second kappa shape index (κ2) is 5.35. The number of nitrogens with zero attached hydrogens (tertiary/aromatic N) is 2. The maximum Gasteiger partial charge on any atom is 0.233 e. The van der Waals surface area contributed by atoms with Gasteiger partial charge in [-0.15, -0.1) is 5.10 Å². The number of hydrogen-bond acceptors (Lipinski definition) is 3. The Kier molecular flexibility index (Phi) is 3.23. The second-order valence-electron chi connectivity index (χ2n) is 4.13. The van der Waals surface area contributed by atoms with Crippen molar-refractivity contribution < 1.29 is 4.74 Å². The van der Waals surface area contributed by atoms with Gasteiger partial charge in [-0.25, -0.2) is 0 Å². The van der Waals surface area contributed by atoms with Crippen molar-refractivity contribution in [3.63, 3.8) is 0 Å². The molecule has 0 fully saturated rings. The predicted octanol–water partition coefficient (Wildman–Crippen LogP) is 3.05. The largest absolute Gasteiger partial charge is 0.472 e. The molecule has 0 saturated carbocycles. The van der Waals surface area contributed by atoms with E-state index in [0.29, 0.717) is 12.5 Å². The first-order valence-corrected chi connectivity index (χ1v) is 6.04. The SMILES string of the molecule is c1ccc(-c2cc(OCc3ccncc3)n[nH]2)cc1. The summed E-state index contributed by atoms with van der Waals surface area (Å²) in [6.45, 7) is 0.488. The molecule has 0 radical (unpaired) electrons. The number of aromatic amines is 1. The van der Waals surface area contributed by atoms with Gasteiger partial charge in [0.1, 0.15) is 6.61 Å². The number of pyridine rings is 1. The molecule has 0 aliphatic heterocycles. The van der Waals surface area contributed by atoms with Gasteiger partial charge in [0, 0.05) is 18.5 Å². The van der Waals surface area contributed by atoms with Crippen LogP contribution in [0.2, 0.25) is 0 Å². The van der Waals surface area contributed by atoms with Crippen molar-refractivity contribution in [1.29, 1.82) is 0 Å². The van der Waals surface area contributed by atoms with E-state index in [-0.39, 0.29) is 0 Å². The van der Waals surface area contributed by atoms with Gasteiger partial charge in [-0.2, -0.15) is 0 Å². The zero-order valence-electron chi connectivity index (χ0n) is 10.3. The lowest BCUT2D eigenvalue weighted by atomic mass is 10.2. The van der Waals surface area contributed by atoms with Gasteiger partial charge >= 0.3 is 0 Å². The molecule has 0 atom stereocenters. The summed E-state index contributed by atoms with van der Waals surface area (Å²) < 4.78 is 5.62. The van der Waals surface area contributed by atoms with Crippen molar-refractivity contribution in [2.45, 2.75) is 6.61 Å². The summed E-state index contributed by atoms with van der Waals surface area (Å²) in [4.78, 5) is 3.97. The first-order valence-electron chi connectivity index (χ1n) is 6.04. The van der Waals surface area contributed by atoms with Crippen LogP contribution >= 0.6 is 0 Å². The number of aromatic nitrogens is 3. The van der Waals surface area contributed by atoms with Crippen LogP contribution in [0.15, 0.2) is 60.9 Å². The molecular weight excluding hydrogens is 238 g/mol. The number of benzene rings is 1. The van der Waals surface area contributed by atoms with Crippen LogP contribution in [0.4, 0.5) is 0 Å². The molecule has 2 aromatic heterocycles. The number of ether oxygens (including phenoxy) is 1. The van der Waals surface area contributed by atoms with E-state index in [0.717, 1.165) is 16.8 Å². The Bertz CT molecular complexity index is 635. The average molecular weight is 251 g/mol. The molecule has 0 aliphatic carbocycles. The number of rotatable bonds is 4. The Hall–Kier alpha value is -2.62. The molecule has 0 saturated heterocycles. The van der Waals surface area contributed by atoms with Crippen LogP contribution < -0.4 is 4.74 Å². The Morgan fingerprint density at radius 3 is 2.58 bits per heavy atom. The number of H-pyrrole nitrogens is 1. The molecule has 4 heteroatoms. The van der Waals surface area contributed by atoms with Crippen LogP contribution in [-0.4, -0.2) is 15.2 Å². The first-order chi connectivity index (χ1) is 9.42. The Balaban J connectivity index is 1.69. The van der Waals surface area contributed by atoms with Crippen molar-refractivity contribution in [3.8, 4) is 17.1 Å². The van der Waals surface area contributed by atoms with Crippen LogP contribution in [-0.2, 0) is 6.61 Å². The molecule has 4 nitrogen and oxygen atoms in total. The van der Waals surface area contributed by atoms with Crippen molar-refractivity contribution >= 4 is 0 Å². The van der Waals surface area contributed by atoms with Crippen LogP contribution in [0.1, 0.15) is 5.56 Å². The third kappa shape index (κ3) is 2.80. The van der Waals surface area contributed by atoms with Gasteiger partial charge < -0.3 is 4.74 Å². The number of hydrogen-bond donors (Lipinski definition) is 1. The van der Waals surface area contributed by atoms with Gasteiger partial charge in [-0.1, -0.05) is 30.3 Å². The van der Waals surface area contributed by atoms with E-state index in [9.17, 15) is 0 Å². The molecule has 19 heavy (non-hydrogen) atoms. The maximum absolute atomic E-state index is 5.62. The highest BCUT2D eigenvalue weighted by molar-refractivity contribution is 5.59. The number of nitrogens with one attached hydrogen (secondary N) is 1. The molecule has 0 aliphatic rings. The molecule has 1 aromatic carbocycles. The second-order valence-corrected chi connectivity index (χ2v) is 4.13. The zero-order chi connectivity index (χ0) is 12.9. The molecule has 3 aromatic rings. The summed E-state index contributed by atoms with van der Waals surface area (Å²) in [6.07, 6.45) is 3.50. The van der Waals surface area contributed by atoms with Gasteiger partial charge in [0.15, 0.2) is 0 Å². The summed E-state index contributed by atoms with van der Waals surface area (Å²) in [6, 6.07) is 15.8. The van der Waals surface area contributed by atoms with E-state index in [2.05, 4.69) is 15.2 Å². The van der Waals surface area contributed by atoms with E-state index < -0.39 is 0 Å². The summed E-state index contributed by atoms with van der Waals surface area (Å²) >= 11 is 0. The highest BCUT2D eigenvalue weighted by Gasteiger charge is 2.04. The summed E-state index contributed by atoms with van der Waals surface area (Å²) in [5.41, 5.74) is 3.11. The van der Waals surface area contributed by atoms with Gasteiger partial charge in [-0.3, -0.25) is 10.1 Å². The smallest absolute Gasteiger partial charge is 0.233 e. The minimum absolute atomic E-state index is 0.488. The topological polar surface area (TPSA) is 50.8 Å². The van der Waals surface area contributed by atoms with Gasteiger partial charge in [0.25, 0.3) is 0 Å². The van der Waals surface area contributed by atoms with Crippen molar-refractivity contribution in [2.24, 2.45) is 0 Å². The molecular formula is C15H13N3O. The Morgan fingerprint density at radius 1 is 1.00 bits per heavy atom. The lowest BCUT2D eigenvalue weighted by Gasteiger charge is -2.01. The monoisotopic (exact) mass is 251 g/mol. The fourth-order valence-electron chi connectivity index (χ4n) is 1.78. The standard InChI is InChI=1S/C15H13N3O/c1-2-4-13(5-3-1)14-10-15(18-17-14)19-11-12-6-8-16-9-7-12/h1-10H,11H2,(H,17,18). The predicted molar refractivity (Wildman–Crippen MR) is 72.6 cm³/mol. The molecule has 3 rings (SSSR count). The third-order valence-corrected chi connectivity index (χ3v) is 2.78. The van der Waals surface area contributed by atoms with E-state index in [1.54, 1.807) is 12.4 Å². The van der Waals surface area contributed by atoms with Gasteiger partial charge in [0.2, 0.25) is 5.88 Å².